The second kappa shape index (κ2) is 9.20. The van der Waals surface area contributed by atoms with Gasteiger partial charge in [-0.25, -0.2) is 0 Å². The van der Waals surface area contributed by atoms with Gasteiger partial charge in [0.05, 0.1) is 22.7 Å². The van der Waals surface area contributed by atoms with Crippen LogP contribution in [0.4, 0.5) is 0 Å². The summed E-state index contributed by atoms with van der Waals surface area (Å²) in [5, 5.41) is 0. The van der Waals surface area contributed by atoms with Crippen LogP contribution in [-0.4, -0.2) is 24.2 Å². The van der Waals surface area contributed by atoms with Gasteiger partial charge in [-0.2, -0.15) is 4.99 Å². The average molecular weight is 417 g/mol. The second-order valence-electron chi connectivity index (χ2n) is 7.20. The number of aromatic nitrogens is 1. The maximum atomic E-state index is 13.5. The average Bonchev–Trinajstić information content (AvgIpc) is 3.09. The minimum Gasteiger partial charge on any atom is -0.383 e. The summed E-state index contributed by atoms with van der Waals surface area (Å²) in [4.78, 5) is 18.8. The van der Waals surface area contributed by atoms with Crippen LogP contribution in [-0.2, 0) is 16.1 Å². The third-order valence-corrected chi connectivity index (χ3v) is 6.12. The third-order valence-electron chi connectivity index (χ3n) is 5.08. The standard InChI is InChI=1S/C25H24N2O2S/c1-18-13-14-21-22(17-18)30-25(27(21)15-16-29-2)26-24(28)23(19-9-5-3-6-10-19)20-11-7-4-8-12-20/h3-14,17,23H,15-16H2,1-2H3. The van der Waals surface area contributed by atoms with E-state index in [-0.39, 0.29) is 5.91 Å². The molecule has 0 aliphatic heterocycles. The molecule has 1 heterocycles. The molecule has 152 valence electrons. The molecule has 4 nitrogen and oxygen atoms in total. The number of amides is 1. The Hall–Kier alpha value is -3.02. The monoisotopic (exact) mass is 416 g/mol. The second-order valence-corrected chi connectivity index (χ2v) is 8.21. The summed E-state index contributed by atoms with van der Waals surface area (Å²) in [7, 11) is 1.68. The first-order valence-electron chi connectivity index (χ1n) is 9.95. The van der Waals surface area contributed by atoms with Crippen molar-refractivity contribution in [1.82, 2.24) is 4.57 Å². The van der Waals surface area contributed by atoms with Crippen LogP contribution < -0.4 is 4.80 Å². The molecule has 3 aromatic carbocycles. The molecule has 4 rings (SSSR count). The highest BCUT2D eigenvalue weighted by atomic mass is 32.1. The number of fused-ring (bicyclic) bond motifs is 1. The predicted molar refractivity (Wildman–Crippen MR) is 122 cm³/mol. The number of benzene rings is 3. The highest BCUT2D eigenvalue weighted by molar-refractivity contribution is 7.16. The van der Waals surface area contributed by atoms with Gasteiger partial charge in [-0.15, -0.1) is 0 Å². The fourth-order valence-electron chi connectivity index (χ4n) is 3.59. The van der Waals surface area contributed by atoms with Gasteiger partial charge in [-0.05, 0) is 35.7 Å². The summed E-state index contributed by atoms with van der Waals surface area (Å²) in [6, 6.07) is 26.0. The van der Waals surface area contributed by atoms with Crippen LogP contribution in [0.3, 0.4) is 0 Å². The van der Waals surface area contributed by atoms with E-state index in [1.807, 2.05) is 60.7 Å². The Labute approximate surface area is 180 Å². The van der Waals surface area contributed by atoms with E-state index in [1.54, 1.807) is 18.4 Å². The molecule has 0 saturated carbocycles. The Kier molecular flexibility index (Phi) is 6.21. The van der Waals surface area contributed by atoms with Crippen molar-refractivity contribution in [2.45, 2.75) is 19.4 Å². The Morgan fingerprint density at radius 3 is 2.23 bits per heavy atom. The van der Waals surface area contributed by atoms with Gasteiger partial charge in [0, 0.05) is 13.7 Å². The van der Waals surface area contributed by atoms with Crippen molar-refractivity contribution in [1.29, 1.82) is 0 Å². The SMILES string of the molecule is COCCn1c(=NC(=O)C(c2ccccc2)c2ccccc2)sc2cc(C)ccc21. The normalized spacial score (nSPS) is 12.0. The van der Waals surface area contributed by atoms with Crippen LogP contribution in [0, 0.1) is 6.92 Å². The lowest BCUT2D eigenvalue weighted by atomic mass is 9.91. The molecule has 0 saturated heterocycles. The number of thiazole rings is 1. The zero-order valence-corrected chi connectivity index (χ0v) is 17.9. The van der Waals surface area contributed by atoms with Gasteiger partial charge in [0.25, 0.3) is 5.91 Å². The molecule has 4 aromatic rings. The zero-order valence-electron chi connectivity index (χ0n) is 17.1. The fourth-order valence-corrected chi connectivity index (χ4v) is 4.75. The summed E-state index contributed by atoms with van der Waals surface area (Å²) in [5.74, 6) is -0.600. The molecular weight excluding hydrogens is 392 g/mol. The molecule has 1 aromatic heterocycles. The van der Waals surface area contributed by atoms with Gasteiger partial charge >= 0.3 is 0 Å². The van der Waals surface area contributed by atoms with Crippen molar-refractivity contribution in [3.63, 3.8) is 0 Å². The summed E-state index contributed by atoms with van der Waals surface area (Å²) >= 11 is 1.54. The molecule has 0 bridgehead atoms. The first-order valence-corrected chi connectivity index (χ1v) is 10.8. The van der Waals surface area contributed by atoms with Crippen molar-refractivity contribution in [3.8, 4) is 0 Å². The number of nitrogens with zero attached hydrogens (tertiary/aromatic N) is 2. The summed E-state index contributed by atoms with van der Waals surface area (Å²) in [6.07, 6.45) is 0. The minimum atomic E-state index is -0.435. The molecule has 0 fully saturated rings. The molecule has 0 spiro atoms. The quantitative estimate of drug-likeness (QED) is 0.448. The van der Waals surface area contributed by atoms with E-state index in [4.69, 9.17) is 4.74 Å². The van der Waals surface area contributed by atoms with E-state index in [2.05, 4.69) is 34.7 Å². The van der Waals surface area contributed by atoms with Gasteiger partial charge in [0.1, 0.15) is 0 Å². The van der Waals surface area contributed by atoms with Crippen LogP contribution in [0.1, 0.15) is 22.6 Å². The van der Waals surface area contributed by atoms with E-state index in [0.717, 1.165) is 21.3 Å². The van der Waals surface area contributed by atoms with E-state index in [0.29, 0.717) is 18.0 Å². The van der Waals surface area contributed by atoms with Crippen LogP contribution >= 0.6 is 11.3 Å². The van der Waals surface area contributed by atoms with Crippen LogP contribution in [0.25, 0.3) is 10.2 Å². The van der Waals surface area contributed by atoms with Gasteiger partial charge in [-0.1, -0.05) is 78.1 Å². The fraction of sp³-hybridized carbons (Fsp3) is 0.200. The lowest BCUT2D eigenvalue weighted by Gasteiger charge is -2.14. The maximum absolute atomic E-state index is 13.5. The molecule has 1 amide bonds. The molecule has 0 radical (unpaired) electrons. The Morgan fingerprint density at radius 2 is 1.63 bits per heavy atom. The zero-order chi connectivity index (χ0) is 20.9. The molecule has 0 aliphatic rings. The van der Waals surface area contributed by atoms with Gasteiger partial charge < -0.3 is 9.30 Å². The minimum absolute atomic E-state index is 0.165. The summed E-state index contributed by atoms with van der Waals surface area (Å²) in [6.45, 7) is 3.27. The van der Waals surface area contributed by atoms with E-state index in [1.165, 1.54) is 5.56 Å². The highest BCUT2D eigenvalue weighted by Gasteiger charge is 2.22. The molecule has 30 heavy (non-hydrogen) atoms. The Balaban J connectivity index is 1.84. The van der Waals surface area contributed by atoms with Crippen molar-refractivity contribution < 1.29 is 9.53 Å². The number of methoxy groups -OCH3 is 1. The van der Waals surface area contributed by atoms with Gasteiger partial charge in [0.2, 0.25) is 0 Å². The number of carbonyl (C=O) groups is 1. The van der Waals surface area contributed by atoms with E-state index < -0.39 is 5.92 Å². The third kappa shape index (κ3) is 4.27. The predicted octanol–water partition coefficient (Wildman–Crippen LogP) is 4.92. The maximum Gasteiger partial charge on any atom is 0.260 e. The van der Waals surface area contributed by atoms with Crippen LogP contribution in [0.15, 0.2) is 83.9 Å². The molecule has 0 unspecified atom stereocenters. The number of ether oxygens (including phenoxy) is 1. The molecule has 0 aliphatic carbocycles. The van der Waals surface area contributed by atoms with E-state index in [9.17, 15) is 4.79 Å². The van der Waals surface area contributed by atoms with Crippen molar-refractivity contribution >= 4 is 27.5 Å². The Morgan fingerprint density at radius 1 is 1.00 bits per heavy atom. The molecule has 0 atom stereocenters. The van der Waals surface area contributed by atoms with Gasteiger partial charge in [-0.3, -0.25) is 4.79 Å². The molecular formula is C25H24N2O2S. The van der Waals surface area contributed by atoms with Crippen molar-refractivity contribution in [2.75, 3.05) is 13.7 Å². The highest BCUT2D eigenvalue weighted by Crippen LogP contribution is 2.26. The lowest BCUT2D eigenvalue weighted by molar-refractivity contribution is -0.118. The van der Waals surface area contributed by atoms with Crippen molar-refractivity contribution in [2.24, 2.45) is 4.99 Å². The lowest BCUT2D eigenvalue weighted by Crippen LogP contribution is -2.22. The number of carbonyl (C=O) groups excluding carboxylic acids is 1. The smallest absolute Gasteiger partial charge is 0.260 e. The van der Waals surface area contributed by atoms with E-state index >= 15 is 0 Å². The molecule has 5 heteroatoms. The van der Waals surface area contributed by atoms with Crippen LogP contribution in [0.2, 0.25) is 0 Å². The number of hydrogen-bond donors (Lipinski definition) is 0. The summed E-state index contributed by atoms with van der Waals surface area (Å²) in [5.41, 5.74) is 4.15. The topological polar surface area (TPSA) is 43.6 Å². The Bertz CT molecular complexity index is 1170. The first-order chi connectivity index (χ1) is 14.7. The first kappa shape index (κ1) is 20.3. The number of hydrogen-bond acceptors (Lipinski definition) is 3. The van der Waals surface area contributed by atoms with Crippen molar-refractivity contribution in [3.05, 3.63) is 100 Å². The number of aryl methyl sites for hydroxylation is 1. The van der Waals surface area contributed by atoms with Crippen LogP contribution in [0.5, 0.6) is 0 Å². The molecule has 0 N–H and O–H groups in total. The number of rotatable bonds is 6. The van der Waals surface area contributed by atoms with Gasteiger partial charge in [0.15, 0.2) is 4.80 Å². The largest absolute Gasteiger partial charge is 0.383 e. The summed E-state index contributed by atoms with van der Waals surface area (Å²) < 4.78 is 8.49.